The molecule has 1 aliphatic rings. The highest BCUT2D eigenvalue weighted by Crippen LogP contribution is 2.42. The largest absolute Gasteiger partial charge is 0.297 e. The molecule has 1 aliphatic heterocycles. The normalized spacial score (nSPS) is 16.4. The highest BCUT2D eigenvalue weighted by Gasteiger charge is 2.30. The van der Waals surface area contributed by atoms with Gasteiger partial charge in [-0.1, -0.05) is 60.3 Å². The van der Waals surface area contributed by atoms with Gasteiger partial charge in [0.15, 0.2) is 5.78 Å². The van der Waals surface area contributed by atoms with Crippen LogP contribution in [0.3, 0.4) is 0 Å². The number of Topliss-reactive ketones (excluding diaryl/α,β-unsaturated/α-hetero) is 1. The number of ketones is 1. The van der Waals surface area contributed by atoms with Crippen LogP contribution in [0.4, 0.5) is 0 Å². The topological polar surface area (TPSA) is 40.9 Å². The van der Waals surface area contributed by atoms with Crippen LogP contribution in [-0.4, -0.2) is 10.8 Å². The minimum atomic E-state index is -0.0751. The molecule has 1 heterocycles. The lowest BCUT2D eigenvalue weighted by Gasteiger charge is -2.10. The Labute approximate surface area is 132 Å². The smallest absolute Gasteiger partial charge is 0.163 e. The summed E-state index contributed by atoms with van der Waals surface area (Å²) in [6.07, 6.45) is 0.382. The van der Waals surface area contributed by atoms with E-state index >= 15 is 0 Å². The number of benzene rings is 2. The monoisotopic (exact) mass is 347 g/mol. The van der Waals surface area contributed by atoms with Gasteiger partial charge in [0, 0.05) is 22.8 Å². The van der Waals surface area contributed by atoms with E-state index in [4.69, 9.17) is 5.41 Å². The fraction of sp³-hybridized carbons (Fsp3) is 0.125. The number of hydrogen-bond acceptors (Lipinski definition) is 3. The molecule has 0 radical (unpaired) electrons. The van der Waals surface area contributed by atoms with E-state index in [0.717, 1.165) is 16.0 Å². The summed E-state index contributed by atoms with van der Waals surface area (Å²) in [4.78, 5) is 13.4. The molecule has 0 bridgehead atoms. The average Bonchev–Trinajstić information content (AvgIpc) is 2.76. The van der Waals surface area contributed by atoms with Gasteiger partial charge in [-0.25, -0.2) is 0 Å². The van der Waals surface area contributed by atoms with E-state index in [1.165, 1.54) is 11.8 Å². The molecule has 1 N–H and O–H groups in total. The highest BCUT2D eigenvalue weighted by atomic mass is 79.9. The van der Waals surface area contributed by atoms with Gasteiger partial charge in [0.05, 0.1) is 5.04 Å². The molecule has 0 aliphatic carbocycles. The number of fused-ring (bicyclic) bond motifs is 1. The van der Waals surface area contributed by atoms with E-state index in [1.807, 2.05) is 54.6 Å². The number of carbonyl (C=O) groups excluding carboxylic acids is 1. The lowest BCUT2D eigenvalue weighted by Crippen LogP contribution is -2.10. The van der Waals surface area contributed by atoms with Crippen LogP contribution in [0.15, 0.2) is 59.5 Å². The maximum atomic E-state index is 12.3. The summed E-state index contributed by atoms with van der Waals surface area (Å²) in [6.45, 7) is 0. The minimum absolute atomic E-state index is 0. The van der Waals surface area contributed by atoms with E-state index in [9.17, 15) is 4.79 Å². The number of rotatable bonds is 3. The van der Waals surface area contributed by atoms with Crippen molar-refractivity contribution in [3.05, 3.63) is 65.7 Å². The molecule has 0 spiro atoms. The number of nitrogens with one attached hydrogen (secondary N) is 1. The van der Waals surface area contributed by atoms with Crippen LogP contribution >= 0.6 is 28.7 Å². The molecule has 0 amide bonds. The predicted molar refractivity (Wildman–Crippen MR) is 88.5 cm³/mol. The van der Waals surface area contributed by atoms with Crippen molar-refractivity contribution < 1.29 is 4.79 Å². The van der Waals surface area contributed by atoms with Crippen LogP contribution in [0.1, 0.15) is 28.3 Å². The number of halogens is 1. The van der Waals surface area contributed by atoms with Crippen molar-refractivity contribution in [3.63, 3.8) is 0 Å². The summed E-state index contributed by atoms with van der Waals surface area (Å²) in [5.41, 5.74) is 1.84. The van der Waals surface area contributed by atoms with Crippen molar-refractivity contribution in [3.8, 4) is 0 Å². The molecule has 2 aromatic carbocycles. The van der Waals surface area contributed by atoms with Crippen LogP contribution in [0.2, 0.25) is 0 Å². The molecular formula is C16H14BrNOS. The first kappa shape index (κ1) is 15.0. The molecule has 0 aromatic heterocycles. The van der Waals surface area contributed by atoms with Gasteiger partial charge < -0.3 is 0 Å². The van der Waals surface area contributed by atoms with Crippen LogP contribution in [0.5, 0.6) is 0 Å². The minimum Gasteiger partial charge on any atom is -0.297 e. The number of carbonyl (C=O) groups is 1. The van der Waals surface area contributed by atoms with E-state index in [0.29, 0.717) is 11.5 Å². The fourth-order valence-corrected chi connectivity index (χ4v) is 3.39. The van der Waals surface area contributed by atoms with Crippen LogP contribution < -0.4 is 0 Å². The van der Waals surface area contributed by atoms with Gasteiger partial charge in [-0.3, -0.25) is 10.2 Å². The SMILES string of the molecule is Br.N=C1Sc2ccccc2C1CC(=O)c1ccccc1. The zero-order valence-corrected chi connectivity index (χ0v) is 13.2. The van der Waals surface area contributed by atoms with Crippen LogP contribution in [-0.2, 0) is 0 Å². The molecule has 0 saturated heterocycles. The zero-order valence-electron chi connectivity index (χ0n) is 10.7. The van der Waals surface area contributed by atoms with Gasteiger partial charge >= 0.3 is 0 Å². The van der Waals surface area contributed by atoms with Crippen molar-refractivity contribution in [2.45, 2.75) is 17.2 Å². The second kappa shape index (κ2) is 6.37. The van der Waals surface area contributed by atoms with Crippen molar-refractivity contribution in [1.82, 2.24) is 0 Å². The summed E-state index contributed by atoms with van der Waals surface area (Å²) in [7, 11) is 0. The first-order valence-corrected chi connectivity index (χ1v) is 7.01. The molecule has 4 heteroatoms. The third-order valence-electron chi connectivity index (χ3n) is 3.32. The summed E-state index contributed by atoms with van der Waals surface area (Å²) in [6, 6.07) is 17.3. The van der Waals surface area contributed by atoms with Crippen molar-refractivity contribution in [2.75, 3.05) is 0 Å². The van der Waals surface area contributed by atoms with E-state index in [2.05, 4.69) is 0 Å². The Morgan fingerprint density at radius 1 is 1.05 bits per heavy atom. The Morgan fingerprint density at radius 3 is 2.45 bits per heavy atom. The lowest BCUT2D eigenvalue weighted by molar-refractivity contribution is 0.0980. The summed E-state index contributed by atoms with van der Waals surface area (Å²) in [5, 5.41) is 8.63. The molecular weight excluding hydrogens is 334 g/mol. The molecule has 2 nitrogen and oxygen atoms in total. The van der Waals surface area contributed by atoms with Crippen molar-refractivity contribution >= 4 is 39.6 Å². The molecule has 1 atom stereocenters. The van der Waals surface area contributed by atoms with Gasteiger partial charge in [0.1, 0.15) is 0 Å². The summed E-state index contributed by atoms with van der Waals surface area (Å²) in [5.74, 6) is 0.0292. The average molecular weight is 348 g/mol. The maximum absolute atomic E-state index is 12.3. The van der Waals surface area contributed by atoms with Gasteiger partial charge in [0.25, 0.3) is 0 Å². The fourth-order valence-electron chi connectivity index (χ4n) is 2.32. The third-order valence-corrected chi connectivity index (χ3v) is 4.41. The summed E-state index contributed by atoms with van der Waals surface area (Å²) >= 11 is 1.47. The van der Waals surface area contributed by atoms with E-state index in [-0.39, 0.29) is 28.7 Å². The molecule has 20 heavy (non-hydrogen) atoms. The molecule has 0 fully saturated rings. The summed E-state index contributed by atoms with van der Waals surface area (Å²) < 4.78 is 0. The van der Waals surface area contributed by atoms with Crippen LogP contribution in [0, 0.1) is 5.41 Å². The second-order valence-corrected chi connectivity index (χ2v) is 5.63. The highest BCUT2D eigenvalue weighted by molar-refractivity contribution is 8.93. The Kier molecular flexibility index (Phi) is 4.78. The first-order valence-electron chi connectivity index (χ1n) is 6.19. The quantitative estimate of drug-likeness (QED) is 0.817. The second-order valence-electron chi connectivity index (χ2n) is 4.55. The molecule has 102 valence electrons. The predicted octanol–water partition coefficient (Wildman–Crippen LogP) is 4.70. The van der Waals surface area contributed by atoms with Gasteiger partial charge in [-0.05, 0) is 11.6 Å². The molecule has 3 rings (SSSR count). The Hall–Kier alpha value is -1.39. The molecule has 0 saturated carbocycles. The van der Waals surface area contributed by atoms with Crippen molar-refractivity contribution in [1.29, 1.82) is 5.41 Å². The number of thioether (sulfide) groups is 1. The van der Waals surface area contributed by atoms with E-state index in [1.54, 1.807) is 0 Å². The van der Waals surface area contributed by atoms with Crippen molar-refractivity contribution in [2.24, 2.45) is 0 Å². The maximum Gasteiger partial charge on any atom is 0.163 e. The molecule has 2 aromatic rings. The van der Waals surface area contributed by atoms with Gasteiger partial charge in [-0.2, -0.15) is 0 Å². The Morgan fingerprint density at radius 2 is 1.70 bits per heavy atom. The first-order chi connectivity index (χ1) is 9.25. The van der Waals surface area contributed by atoms with Gasteiger partial charge in [-0.15, -0.1) is 17.0 Å². The van der Waals surface area contributed by atoms with Crippen LogP contribution in [0.25, 0.3) is 0 Å². The zero-order chi connectivity index (χ0) is 13.2. The third kappa shape index (κ3) is 2.86. The lowest BCUT2D eigenvalue weighted by atomic mass is 9.92. The van der Waals surface area contributed by atoms with Gasteiger partial charge in [0.2, 0.25) is 0 Å². The Balaban J connectivity index is 0.00000147. The van der Waals surface area contributed by atoms with E-state index < -0.39 is 0 Å². The molecule has 1 unspecified atom stereocenters. The Bertz CT molecular complexity index is 642. The number of hydrogen-bond donors (Lipinski definition) is 1. The standard InChI is InChI=1S/C16H13NOS.BrH/c17-16-13(12-8-4-5-9-15(12)19-16)10-14(18)11-6-2-1-3-7-11;/h1-9,13,17H,10H2;1H.